The summed E-state index contributed by atoms with van der Waals surface area (Å²) in [6, 6.07) is 12.4. The summed E-state index contributed by atoms with van der Waals surface area (Å²) in [6.07, 6.45) is 0. The van der Waals surface area contributed by atoms with Crippen molar-refractivity contribution >= 4 is 23.4 Å². The fraction of sp³-hybridized carbons (Fsp3) is 0.182. The monoisotopic (exact) mass is 426 g/mol. The Balaban J connectivity index is 1.60. The molecule has 1 aromatic heterocycles. The number of anilines is 1. The summed E-state index contributed by atoms with van der Waals surface area (Å²) < 4.78 is 26.5. The maximum atomic E-state index is 13.3. The molecule has 3 rings (SSSR count). The Morgan fingerprint density at radius 2 is 1.61 bits per heavy atom. The molecule has 0 bridgehead atoms. The Kier molecular flexibility index (Phi) is 6.54. The van der Waals surface area contributed by atoms with Gasteiger partial charge in [-0.1, -0.05) is 37.3 Å². The first kappa shape index (κ1) is 21.8. The standard InChI is InChI=1S/C22H20F2N4O3/c1-12(14-6-4-3-5-7-14)18-11-19(28-27-18)26-21(30)13(2)25-22(31)20(29)15-8-16(23)10-17(24)9-15/h3-13H,1-2H3,(H,25,31)(H2,26,27,28,30)/t12?,13-/m0/s1. The number of ketones is 1. The average molecular weight is 426 g/mol. The Morgan fingerprint density at radius 1 is 0.968 bits per heavy atom. The summed E-state index contributed by atoms with van der Waals surface area (Å²) in [7, 11) is 0. The van der Waals surface area contributed by atoms with E-state index in [1.54, 1.807) is 6.07 Å². The van der Waals surface area contributed by atoms with Crippen LogP contribution in [0.25, 0.3) is 0 Å². The summed E-state index contributed by atoms with van der Waals surface area (Å²) in [6.45, 7) is 3.35. The molecule has 2 aromatic carbocycles. The van der Waals surface area contributed by atoms with Crippen molar-refractivity contribution in [3.63, 3.8) is 0 Å². The van der Waals surface area contributed by atoms with Crippen LogP contribution in [-0.2, 0) is 9.59 Å². The fourth-order valence-corrected chi connectivity index (χ4v) is 2.92. The first-order chi connectivity index (χ1) is 14.7. The first-order valence-electron chi connectivity index (χ1n) is 9.47. The van der Waals surface area contributed by atoms with E-state index < -0.39 is 40.8 Å². The molecule has 1 heterocycles. The Labute approximate surface area is 176 Å². The average Bonchev–Trinajstić information content (AvgIpc) is 3.20. The van der Waals surface area contributed by atoms with Gasteiger partial charge in [0.15, 0.2) is 5.82 Å². The Bertz CT molecular complexity index is 1090. The molecular weight excluding hydrogens is 406 g/mol. The molecular formula is C22H20F2N4O3. The minimum absolute atomic E-state index is 0.0146. The molecule has 0 aliphatic heterocycles. The van der Waals surface area contributed by atoms with Crippen molar-refractivity contribution in [2.24, 2.45) is 0 Å². The summed E-state index contributed by atoms with van der Waals surface area (Å²) in [5.41, 5.74) is 1.40. The largest absolute Gasteiger partial charge is 0.338 e. The van der Waals surface area contributed by atoms with E-state index in [0.29, 0.717) is 6.07 Å². The number of carbonyl (C=O) groups excluding carboxylic acids is 3. The van der Waals surface area contributed by atoms with Crippen LogP contribution in [0.4, 0.5) is 14.6 Å². The smallest absolute Gasteiger partial charge is 0.293 e. The van der Waals surface area contributed by atoms with Gasteiger partial charge in [-0.15, -0.1) is 0 Å². The van der Waals surface area contributed by atoms with Crippen molar-refractivity contribution < 1.29 is 23.2 Å². The lowest BCUT2D eigenvalue weighted by atomic mass is 9.98. The molecule has 0 aliphatic rings. The van der Waals surface area contributed by atoms with E-state index in [4.69, 9.17) is 0 Å². The van der Waals surface area contributed by atoms with Gasteiger partial charge in [-0.05, 0) is 24.6 Å². The van der Waals surface area contributed by atoms with Gasteiger partial charge in [0.1, 0.15) is 17.7 Å². The number of hydrogen-bond acceptors (Lipinski definition) is 4. The van der Waals surface area contributed by atoms with Crippen molar-refractivity contribution in [3.05, 3.63) is 83.1 Å². The second kappa shape index (κ2) is 9.29. The minimum Gasteiger partial charge on any atom is -0.338 e. The van der Waals surface area contributed by atoms with Gasteiger partial charge >= 0.3 is 0 Å². The van der Waals surface area contributed by atoms with E-state index in [0.717, 1.165) is 23.4 Å². The van der Waals surface area contributed by atoms with E-state index in [1.807, 2.05) is 37.3 Å². The van der Waals surface area contributed by atoms with Crippen molar-refractivity contribution in [1.29, 1.82) is 0 Å². The van der Waals surface area contributed by atoms with Crippen LogP contribution >= 0.6 is 0 Å². The number of carbonyl (C=O) groups is 3. The second-order valence-corrected chi connectivity index (χ2v) is 7.01. The van der Waals surface area contributed by atoms with Crippen molar-refractivity contribution in [1.82, 2.24) is 15.5 Å². The van der Waals surface area contributed by atoms with Crippen LogP contribution in [0, 0.1) is 11.6 Å². The molecule has 0 spiro atoms. The number of benzene rings is 2. The molecule has 0 saturated carbocycles. The predicted molar refractivity (Wildman–Crippen MR) is 109 cm³/mol. The highest BCUT2D eigenvalue weighted by Gasteiger charge is 2.23. The highest BCUT2D eigenvalue weighted by Crippen LogP contribution is 2.23. The van der Waals surface area contributed by atoms with Gasteiger partial charge in [0.2, 0.25) is 11.7 Å². The lowest BCUT2D eigenvalue weighted by molar-refractivity contribution is -0.123. The van der Waals surface area contributed by atoms with Gasteiger partial charge < -0.3 is 10.6 Å². The second-order valence-electron chi connectivity index (χ2n) is 7.01. The maximum absolute atomic E-state index is 13.3. The van der Waals surface area contributed by atoms with Gasteiger partial charge in [-0.3, -0.25) is 19.5 Å². The van der Waals surface area contributed by atoms with Gasteiger partial charge in [0.05, 0.1) is 0 Å². The highest BCUT2D eigenvalue weighted by molar-refractivity contribution is 6.43. The molecule has 31 heavy (non-hydrogen) atoms. The molecule has 160 valence electrons. The molecule has 1 unspecified atom stereocenters. The highest BCUT2D eigenvalue weighted by atomic mass is 19.1. The number of nitrogens with zero attached hydrogens (tertiary/aromatic N) is 1. The van der Waals surface area contributed by atoms with Crippen molar-refractivity contribution in [2.75, 3.05) is 5.32 Å². The van der Waals surface area contributed by atoms with Gasteiger partial charge in [0.25, 0.3) is 5.91 Å². The lowest BCUT2D eigenvalue weighted by Gasteiger charge is -2.12. The van der Waals surface area contributed by atoms with Crippen LogP contribution in [0.1, 0.15) is 41.4 Å². The topological polar surface area (TPSA) is 104 Å². The number of hydrogen-bond donors (Lipinski definition) is 3. The third-order valence-corrected chi connectivity index (χ3v) is 4.69. The van der Waals surface area contributed by atoms with Gasteiger partial charge in [0, 0.05) is 29.3 Å². The molecule has 0 fully saturated rings. The zero-order valence-corrected chi connectivity index (χ0v) is 16.8. The van der Waals surface area contributed by atoms with Crippen LogP contribution in [0.5, 0.6) is 0 Å². The first-order valence-corrected chi connectivity index (χ1v) is 9.47. The summed E-state index contributed by atoms with van der Waals surface area (Å²) >= 11 is 0. The van der Waals surface area contributed by atoms with E-state index in [1.165, 1.54) is 6.92 Å². The van der Waals surface area contributed by atoms with Crippen LogP contribution in [0.15, 0.2) is 54.6 Å². The van der Waals surface area contributed by atoms with E-state index >= 15 is 0 Å². The van der Waals surface area contributed by atoms with Crippen LogP contribution in [-0.4, -0.2) is 33.8 Å². The number of aromatic amines is 1. The summed E-state index contributed by atoms with van der Waals surface area (Å²) in [5, 5.41) is 11.7. The zero-order chi connectivity index (χ0) is 22.5. The summed E-state index contributed by atoms with van der Waals surface area (Å²) in [4.78, 5) is 36.5. The Hall–Kier alpha value is -3.88. The maximum Gasteiger partial charge on any atom is 0.293 e. The molecule has 2 amide bonds. The molecule has 7 nitrogen and oxygen atoms in total. The third kappa shape index (κ3) is 5.39. The lowest BCUT2D eigenvalue weighted by Crippen LogP contribution is -2.44. The number of H-pyrrole nitrogens is 1. The molecule has 9 heteroatoms. The van der Waals surface area contributed by atoms with Crippen LogP contribution < -0.4 is 10.6 Å². The van der Waals surface area contributed by atoms with Crippen molar-refractivity contribution in [3.8, 4) is 0 Å². The van der Waals surface area contributed by atoms with E-state index in [-0.39, 0.29) is 11.7 Å². The van der Waals surface area contributed by atoms with E-state index in [2.05, 4.69) is 20.8 Å². The Morgan fingerprint density at radius 3 is 2.26 bits per heavy atom. The molecule has 0 radical (unpaired) electrons. The fourth-order valence-electron chi connectivity index (χ4n) is 2.92. The SMILES string of the molecule is CC(c1ccccc1)c1cc(NC(=O)[C@H](C)NC(=O)C(=O)c2cc(F)cc(F)c2)n[nH]1. The van der Waals surface area contributed by atoms with Gasteiger partial charge in [-0.25, -0.2) is 8.78 Å². The molecule has 3 aromatic rings. The minimum atomic E-state index is -1.16. The third-order valence-electron chi connectivity index (χ3n) is 4.69. The number of Topliss-reactive ketones (excluding diaryl/α,β-unsaturated/α-hetero) is 1. The zero-order valence-electron chi connectivity index (χ0n) is 16.8. The number of aromatic nitrogens is 2. The molecule has 3 N–H and O–H groups in total. The normalized spacial score (nSPS) is 12.6. The molecule has 0 saturated heterocycles. The predicted octanol–water partition coefficient (Wildman–Crippen LogP) is 3.17. The van der Waals surface area contributed by atoms with E-state index in [9.17, 15) is 23.2 Å². The van der Waals surface area contributed by atoms with Crippen molar-refractivity contribution in [2.45, 2.75) is 25.8 Å². The van der Waals surface area contributed by atoms with Gasteiger partial charge in [-0.2, -0.15) is 5.10 Å². The van der Waals surface area contributed by atoms with Crippen LogP contribution in [0.2, 0.25) is 0 Å². The number of halogens is 2. The summed E-state index contributed by atoms with van der Waals surface area (Å²) in [5.74, 6) is -4.63. The number of rotatable bonds is 7. The van der Waals surface area contributed by atoms with Crippen LogP contribution in [0.3, 0.4) is 0 Å². The molecule has 0 aliphatic carbocycles. The quantitative estimate of drug-likeness (QED) is 0.399. The molecule has 2 atom stereocenters. The number of nitrogens with one attached hydrogen (secondary N) is 3. The number of amides is 2.